The van der Waals surface area contributed by atoms with Crippen molar-refractivity contribution < 1.29 is 14.7 Å². The van der Waals surface area contributed by atoms with Crippen LogP contribution in [-0.4, -0.2) is 30.1 Å². The molecule has 0 saturated heterocycles. The van der Waals surface area contributed by atoms with Gasteiger partial charge in [0.1, 0.15) is 0 Å². The predicted molar refractivity (Wildman–Crippen MR) is 52.7 cm³/mol. The first-order valence-electron chi connectivity index (χ1n) is 4.81. The summed E-state index contributed by atoms with van der Waals surface area (Å²) in [6, 6.07) is 0. The minimum Gasteiger partial charge on any atom is -0.481 e. The molecule has 82 valence electrons. The van der Waals surface area contributed by atoms with E-state index in [1.807, 2.05) is 6.92 Å². The molecule has 0 aliphatic carbocycles. The van der Waals surface area contributed by atoms with E-state index in [0.29, 0.717) is 25.9 Å². The lowest BCUT2D eigenvalue weighted by atomic mass is 10.1. The molecule has 0 fully saturated rings. The Labute approximate surface area is 83.7 Å². The summed E-state index contributed by atoms with van der Waals surface area (Å²) < 4.78 is 0. The first-order valence-corrected chi connectivity index (χ1v) is 4.81. The zero-order chi connectivity index (χ0) is 11.0. The van der Waals surface area contributed by atoms with Crippen LogP contribution in [0.1, 0.15) is 26.2 Å². The average molecular weight is 202 g/mol. The van der Waals surface area contributed by atoms with Gasteiger partial charge in [-0.05, 0) is 12.8 Å². The van der Waals surface area contributed by atoms with Gasteiger partial charge in [-0.3, -0.25) is 9.59 Å². The van der Waals surface area contributed by atoms with Crippen LogP contribution in [0, 0.1) is 5.92 Å². The Kier molecular flexibility index (Phi) is 6.74. The van der Waals surface area contributed by atoms with E-state index in [1.54, 1.807) is 0 Å². The van der Waals surface area contributed by atoms with Gasteiger partial charge in [0.05, 0.1) is 0 Å². The molecule has 0 heterocycles. The van der Waals surface area contributed by atoms with Crippen LogP contribution in [-0.2, 0) is 9.59 Å². The third kappa shape index (κ3) is 5.53. The molecule has 0 spiro atoms. The smallest absolute Gasteiger partial charge is 0.303 e. The fourth-order valence-corrected chi connectivity index (χ4v) is 1.05. The molecule has 5 heteroatoms. The minimum atomic E-state index is -0.842. The van der Waals surface area contributed by atoms with Crippen LogP contribution >= 0.6 is 0 Å². The predicted octanol–water partition coefficient (Wildman–Crippen LogP) is -0.0477. The van der Waals surface area contributed by atoms with Crippen LogP contribution in [0.5, 0.6) is 0 Å². The molecule has 0 aliphatic rings. The number of nitrogens with two attached hydrogens (primary N) is 1. The number of amides is 1. The third-order valence-electron chi connectivity index (χ3n) is 2.01. The largest absolute Gasteiger partial charge is 0.481 e. The summed E-state index contributed by atoms with van der Waals surface area (Å²) in [4.78, 5) is 21.5. The first-order chi connectivity index (χ1) is 6.61. The van der Waals surface area contributed by atoms with E-state index in [4.69, 9.17) is 10.8 Å². The molecular weight excluding hydrogens is 184 g/mol. The van der Waals surface area contributed by atoms with E-state index >= 15 is 0 Å². The van der Waals surface area contributed by atoms with E-state index in [0.717, 1.165) is 0 Å². The summed E-state index contributed by atoms with van der Waals surface area (Å²) in [6.45, 7) is 2.64. The van der Waals surface area contributed by atoms with Gasteiger partial charge in [-0.1, -0.05) is 6.92 Å². The maximum atomic E-state index is 11.3. The van der Waals surface area contributed by atoms with Gasteiger partial charge in [0, 0.05) is 25.4 Å². The monoisotopic (exact) mass is 202 g/mol. The van der Waals surface area contributed by atoms with Gasteiger partial charge in [0.15, 0.2) is 0 Å². The van der Waals surface area contributed by atoms with E-state index in [-0.39, 0.29) is 18.2 Å². The van der Waals surface area contributed by atoms with Gasteiger partial charge in [-0.25, -0.2) is 0 Å². The number of nitrogens with one attached hydrogen (secondary N) is 1. The Balaban J connectivity index is 3.57. The number of carboxylic acid groups (broad SMARTS) is 1. The van der Waals surface area contributed by atoms with E-state index in [1.165, 1.54) is 0 Å². The fourth-order valence-electron chi connectivity index (χ4n) is 1.05. The summed E-state index contributed by atoms with van der Waals surface area (Å²) in [5.41, 5.74) is 5.38. The molecule has 0 radical (unpaired) electrons. The molecule has 5 nitrogen and oxygen atoms in total. The topological polar surface area (TPSA) is 92.4 Å². The van der Waals surface area contributed by atoms with E-state index in [9.17, 15) is 9.59 Å². The SMILES string of the molecule is CCC(CN)C(=O)NCCCC(=O)O. The van der Waals surface area contributed by atoms with Gasteiger partial charge in [-0.15, -0.1) is 0 Å². The summed E-state index contributed by atoms with van der Waals surface area (Å²) >= 11 is 0. The molecule has 0 aromatic rings. The van der Waals surface area contributed by atoms with Crippen LogP contribution < -0.4 is 11.1 Å². The van der Waals surface area contributed by atoms with Crippen molar-refractivity contribution in [3.8, 4) is 0 Å². The average Bonchev–Trinajstić information content (AvgIpc) is 2.14. The van der Waals surface area contributed by atoms with Crippen LogP contribution in [0.2, 0.25) is 0 Å². The van der Waals surface area contributed by atoms with Crippen LogP contribution in [0.25, 0.3) is 0 Å². The molecule has 14 heavy (non-hydrogen) atoms. The van der Waals surface area contributed by atoms with Crippen molar-refractivity contribution >= 4 is 11.9 Å². The van der Waals surface area contributed by atoms with E-state index < -0.39 is 5.97 Å². The molecule has 1 amide bonds. The molecule has 0 rings (SSSR count). The van der Waals surface area contributed by atoms with Crippen LogP contribution in [0.4, 0.5) is 0 Å². The van der Waals surface area contributed by atoms with Gasteiger partial charge in [0.25, 0.3) is 0 Å². The summed E-state index contributed by atoms with van der Waals surface area (Å²) in [5.74, 6) is -1.08. The van der Waals surface area contributed by atoms with Crippen LogP contribution in [0.3, 0.4) is 0 Å². The van der Waals surface area contributed by atoms with Crippen LogP contribution in [0.15, 0.2) is 0 Å². The van der Waals surface area contributed by atoms with Gasteiger partial charge >= 0.3 is 5.97 Å². The highest BCUT2D eigenvalue weighted by Crippen LogP contribution is 1.99. The second kappa shape index (κ2) is 7.32. The standard InChI is InChI=1S/C9H18N2O3/c1-2-7(6-10)9(14)11-5-3-4-8(12)13/h7H,2-6,10H2,1H3,(H,11,14)(H,12,13). The number of rotatable bonds is 7. The Morgan fingerprint density at radius 3 is 2.57 bits per heavy atom. The number of carbonyl (C=O) groups excluding carboxylic acids is 1. The number of hydrogen-bond donors (Lipinski definition) is 3. The number of hydrogen-bond acceptors (Lipinski definition) is 3. The zero-order valence-electron chi connectivity index (χ0n) is 8.45. The molecule has 4 N–H and O–H groups in total. The van der Waals surface area contributed by atoms with Crippen molar-refractivity contribution in [1.29, 1.82) is 0 Å². The highest BCUT2D eigenvalue weighted by molar-refractivity contribution is 5.78. The van der Waals surface area contributed by atoms with Crippen molar-refractivity contribution in [2.24, 2.45) is 11.7 Å². The first kappa shape index (κ1) is 12.9. The second-order valence-electron chi connectivity index (χ2n) is 3.13. The van der Waals surface area contributed by atoms with Crippen molar-refractivity contribution in [3.63, 3.8) is 0 Å². The molecule has 0 aromatic carbocycles. The van der Waals surface area contributed by atoms with Gasteiger partial charge < -0.3 is 16.2 Å². The molecule has 1 unspecified atom stereocenters. The van der Waals surface area contributed by atoms with Crippen molar-refractivity contribution in [2.45, 2.75) is 26.2 Å². The maximum Gasteiger partial charge on any atom is 0.303 e. The highest BCUT2D eigenvalue weighted by atomic mass is 16.4. The Hall–Kier alpha value is -1.10. The lowest BCUT2D eigenvalue weighted by Crippen LogP contribution is -2.35. The molecule has 0 aliphatic heterocycles. The van der Waals surface area contributed by atoms with Gasteiger partial charge in [-0.2, -0.15) is 0 Å². The molecule has 0 aromatic heterocycles. The lowest BCUT2D eigenvalue weighted by Gasteiger charge is -2.11. The number of aliphatic carboxylic acids is 1. The summed E-state index contributed by atoms with van der Waals surface area (Å²) in [5, 5.41) is 11.0. The Bertz CT molecular complexity index is 190. The minimum absolute atomic E-state index is 0.0830. The zero-order valence-corrected chi connectivity index (χ0v) is 8.45. The highest BCUT2D eigenvalue weighted by Gasteiger charge is 2.13. The quantitative estimate of drug-likeness (QED) is 0.505. The molecule has 1 atom stereocenters. The number of carbonyl (C=O) groups is 2. The van der Waals surface area contributed by atoms with Crippen molar-refractivity contribution in [3.05, 3.63) is 0 Å². The van der Waals surface area contributed by atoms with Crippen molar-refractivity contribution in [2.75, 3.05) is 13.1 Å². The third-order valence-corrected chi connectivity index (χ3v) is 2.01. The molecular formula is C9H18N2O3. The van der Waals surface area contributed by atoms with E-state index in [2.05, 4.69) is 5.32 Å². The maximum absolute atomic E-state index is 11.3. The molecule has 0 saturated carbocycles. The normalized spacial score (nSPS) is 12.1. The van der Waals surface area contributed by atoms with Gasteiger partial charge in [0.2, 0.25) is 5.91 Å². The molecule has 0 bridgehead atoms. The Morgan fingerprint density at radius 2 is 2.14 bits per heavy atom. The van der Waals surface area contributed by atoms with Crippen molar-refractivity contribution in [1.82, 2.24) is 5.32 Å². The Morgan fingerprint density at radius 1 is 1.50 bits per heavy atom. The fraction of sp³-hybridized carbons (Fsp3) is 0.778. The summed E-state index contributed by atoms with van der Waals surface area (Å²) in [7, 11) is 0. The lowest BCUT2D eigenvalue weighted by molar-refractivity contribution is -0.137. The second-order valence-corrected chi connectivity index (χ2v) is 3.13. The summed E-state index contributed by atoms with van der Waals surface area (Å²) in [6.07, 6.45) is 1.25. The number of carboxylic acids is 1.